The minimum atomic E-state index is -0.0255. The van der Waals surface area contributed by atoms with Gasteiger partial charge in [0, 0.05) is 0 Å². The van der Waals surface area contributed by atoms with Crippen molar-refractivity contribution in [3.63, 3.8) is 0 Å². The molecule has 1 saturated carbocycles. The third-order valence-corrected chi connectivity index (χ3v) is 2.83. The Morgan fingerprint density at radius 2 is 1.91 bits per heavy atom. The van der Waals surface area contributed by atoms with Crippen molar-refractivity contribution in [2.45, 2.75) is 12.8 Å². The lowest BCUT2D eigenvalue weighted by molar-refractivity contribution is -0.146. The maximum atomic E-state index is 11.2. The predicted molar refractivity (Wildman–Crippen MR) is 40.9 cm³/mol. The van der Waals surface area contributed by atoms with E-state index in [9.17, 15) is 4.79 Å². The first-order valence-corrected chi connectivity index (χ1v) is 4.09. The normalized spacial score (nSPS) is 39.5. The molecule has 0 aromatic rings. The minimum Gasteiger partial charge on any atom is -0.469 e. The third-order valence-electron chi connectivity index (χ3n) is 2.83. The molecule has 2 aliphatic rings. The maximum Gasteiger partial charge on any atom is 0.309 e. The van der Waals surface area contributed by atoms with Crippen molar-refractivity contribution in [1.29, 1.82) is 0 Å². The summed E-state index contributed by atoms with van der Waals surface area (Å²) >= 11 is 0. The quantitative estimate of drug-likeness (QED) is 0.419. The number of rotatable bonds is 1. The number of hydrogen-bond donors (Lipinski definition) is 0. The van der Waals surface area contributed by atoms with E-state index in [1.54, 1.807) is 0 Å². The van der Waals surface area contributed by atoms with Gasteiger partial charge in [0.2, 0.25) is 0 Å². The topological polar surface area (TPSA) is 26.3 Å². The Kier molecular flexibility index (Phi) is 1.48. The van der Waals surface area contributed by atoms with Crippen LogP contribution in [0.5, 0.6) is 0 Å². The largest absolute Gasteiger partial charge is 0.469 e. The van der Waals surface area contributed by atoms with Gasteiger partial charge in [-0.3, -0.25) is 4.79 Å². The van der Waals surface area contributed by atoms with Gasteiger partial charge >= 0.3 is 5.97 Å². The van der Waals surface area contributed by atoms with Crippen LogP contribution in [-0.2, 0) is 9.53 Å². The van der Waals surface area contributed by atoms with Crippen molar-refractivity contribution in [2.75, 3.05) is 7.11 Å². The average molecular weight is 152 g/mol. The van der Waals surface area contributed by atoms with Gasteiger partial charge < -0.3 is 4.74 Å². The highest BCUT2D eigenvalue weighted by atomic mass is 16.5. The van der Waals surface area contributed by atoms with Gasteiger partial charge in [0.25, 0.3) is 0 Å². The number of methoxy groups -OCH3 is 1. The molecule has 0 amide bonds. The lowest BCUT2D eigenvalue weighted by Crippen LogP contribution is -2.20. The SMILES string of the molecule is COC(=O)C1C2C=CC1CC2. The zero-order chi connectivity index (χ0) is 7.84. The Morgan fingerprint density at radius 3 is 2.27 bits per heavy atom. The monoisotopic (exact) mass is 152 g/mol. The number of carbonyl (C=O) groups is 1. The van der Waals surface area contributed by atoms with Crippen LogP contribution < -0.4 is 0 Å². The zero-order valence-corrected chi connectivity index (χ0v) is 6.62. The number of ether oxygens (including phenoxy) is 1. The molecule has 0 aromatic heterocycles. The first-order valence-electron chi connectivity index (χ1n) is 4.09. The Bertz CT molecular complexity index is 194. The zero-order valence-electron chi connectivity index (χ0n) is 6.62. The molecule has 0 heterocycles. The van der Waals surface area contributed by atoms with Crippen molar-refractivity contribution in [1.82, 2.24) is 0 Å². The van der Waals surface area contributed by atoms with Gasteiger partial charge in [-0.15, -0.1) is 0 Å². The highest BCUT2D eigenvalue weighted by Gasteiger charge is 2.42. The number of allylic oxidation sites excluding steroid dienone is 2. The van der Waals surface area contributed by atoms with E-state index in [0.29, 0.717) is 11.8 Å². The highest BCUT2D eigenvalue weighted by molar-refractivity contribution is 5.74. The molecule has 0 aromatic carbocycles. The average Bonchev–Trinajstić information content (AvgIpc) is 2.61. The molecule has 2 unspecified atom stereocenters. The van der Waals surface area contributed by atoms with Gasteiger partial charge in [-0.1, -0.05) is 12.2 Å². The lowest BCUT2D eigenvalue weighted by Gasteiger charge is -2.11. The van der Waals surface area contributed by atoms with Crippen LogP contribution in [0.4, 0.5) is 0 Å². The molecule has 11 heavy (non-hydrogen) atoms. The Balaban J connectivity index is 2.13. The second-order valence-corrected chi connectivity index (χ2v) is 3.34. The number of hydrogen-bond acceptors (Lipinski definition) is 2. The van der Waals surface area contributed by atoms with Crippen molar-refractivity contribution in [2.24, 2.45) is 17.8 Å². The fourth-order valence-electron chi connectivity index (χ4n) is 2.26. The van der Waals surface area contributed by atoms with E-state index in [1.165, 1.54) is 20.0 Å². The molecule has 0 radical (unpaired) electrons. The summed E-state index contributed by atoms with van der Waals surface area (Å²) in [5.41, 5.74) is 0. The summed E-state index contributed by atoms with van der Waals surface area (Å²) in [5, 5.41) is 0. The summed E-state index contributed by atoms with van der Waals surface area (Å²) in [6.45, 7) is 0. The van der Waals surface area contributed by atoms with Crippen LogP contribution in [0.25, 0.3) is 0 Å². The van der Waals surface area contributed by atoms with Crippen molar-refractivity contribution in [3.05, 3.63) is 12.2 Å². The van der Waals surface area contributed by atoms with E-state index < -0.39 is 0 Å². The molecule has 2 atom stereocenters. The van der Waals surface area contributed by atoms with Crippen LogP contribution in [-0.4, -0.2) is 13.1 Å². The summed E-state index contributed by atoms with van der Waals surface area (Å²) in [6, 6.07) is 0. The maximum absolute atomic E-state index is 11.2. The van der Waals surface area contributed by atoms with E-state index in [-0.39, 0.29) is 11.9 Å². The highest BCUT2D eigenvalue weighted by Crippen LogP contribution is 2.44. The van der Waals surface area contributed by atoms with Gasteiger partial charge in [0.05, 0.1) is 13.0 Å². The summed E-state index contributed by atoms with van der Waals surface area (Å²) < 4.78 is 4.74. The molecule has 2 heteroatoms. The molecule has 0 saturated heterocycles. The van der Waals surface area contributed by atoms with E-state index in [1.807, 2.05) is 0 Å². The molecule has 0 N–H and O–H groups in total. The molecule has 2 aliphatic carbocycles. The first kappa shape index (κ1) is 6.89. The van der Waals surface area contributed by atoms with Gasteiger partial charge in [-0.05, 0) is 24.7 Å². The Labute approximate surface area is 66.2 Å². The van der Waals surface area contributed by atoms with Gasteiger partial charge in [0.15, 0.2) is 0 Å². The molecular formula is C9H12O2. The van der Waals surface area contributed by atoms with Gasteiger partial charge in [-0.25, -0.2) is 0 Å². The Morgan fingerprint density at radius 1 is 1.36 bits per heavy atom. The van der Waals surface area contributed by atoms with E-state index in [2.05, 4.69) is 12.2 Å². The molecule has 0 spiro atoms. The fourth-order valence-corrected chi connectivity index (χ4v) is 2.26. The van der Waals surface area contributed by atoms with Crippen LogP contribution in [0.3, 0.4) is 0 Å². The van der Waals surface area contributed by atoms with Crippen molar-refractivity contribution < 1.29 is 9.53 Å². The van der Waals surface area contributed by atoms with Crippen LogP contribution in [0.1, 0.15) is 12.8 Å². The van der Waals surface area contributed by atoms with Crippen molar-refractivity contribution in [3.8, 4) is 0 Å². The lowest BCUT2D eigenvalue weighted by atomic mass is 9.97. The summed E-state index contributed by atoms with van der Waals surface area (Å²) in [4.78, 5) is 11.2. The second-order valence-electron chi connectivity index (χ2n) is 3.34. The Hall–Kier alpha value is -0.790. The number of fused-ring (bicyclic) bond motifs is 2. The summed E-state index contributed by atoms with van der Waals surface area (Å²) in [6.07, 6.45) is 6.66. The molecule has 2 nitrogen and oxygen atoms in total. The molecule has 2 rings (SSSR count). The number of carbonyl (C=O) groups excluding carboxylic acids is 1. The van der Waals surface area contributed by atoms with E-state index in [0.717, 1.165) is 0 Å². The van der Waals surface area contributed by atoms with Crippen LogP contribution in [0.2, 0.25) is 0 Å². The molecule has 60 valence electrons. The minimum absolute atomic E-state index is 0.0255. The van der Waals surface area contributed by atoms with Crippen LogP contribution in [0, 0.1) is 17.8 Å². The predicted octanol–water partition coefficient (Wildman–Crippen LogP) is 1.37. The van der Waals surface area contributed by atoms with E-state index in [4.69, 9.17) is 4.74 Å². The van der Waals surface area contributed by atoms with Crippen molar-refractivity contribution >= 4 is 5.97 Å². The van der Waals surface area contributed by atoms with Crippen LogP contribution >= 0.6 is 0 Å². The fraction of sp³-hybridized carbons (Fsp3) is 0.667. The second kappa shape index (κ2) is 2.36. The van der Waals surface area contributed by atoms with E-state index >= 15 is 0 Å². The molecule has 1 fully saturated rings. The summed E-state index contributed by atoms with van der Waals surface area (Å²) in [7, 11) is 1.47. The first-order chi connectivity index (χ1) is 5.33. The standard InChI is InChI=1S/C9H12O2/c1-11-9(10)8-6-2-3-7(8)5-4-6/h2-3,6-8H,4-5H2,1H3. The number of esters is 1. The summed E-state index contributed by atoms with van der Waals surface area (Å²) in [5.74, 6) is 1.09. The molecular weight excluding hydrogens is 140 g/mol. The van der Waals surface area contributed by atoms with Crippen LogP contribution in [0.15, 0.2) is 12.2 Å². The molecule has 2 bridgehead atoms. The van der Waals surface area contributed by atoms with Gasteiger partial charge in [0.1, 0.15) is 0 Å². The van der Waals surface area contributed by atoms with Gasteiger partial charge in [-0.2, -0.15) is 0 Å². The third kappa shape index (κ3) is 0.889. The molecule has 0 aliphatic heterocycles. The smallest absolute Gasteiger partial charge is 0.309 e.